The third-order valence-corrected chi connectivity index (χ3v) is 4.06. The summed E-state index contributed by atoms with van der Waals surface area (Å²) < 4.78 is 19.4. The summed E-state index contributed by atoms with van der Waals surface area (Å²) in [6.07, 6.45) is -0.746. The van der Waals surface area contributed by atoms with E-state index in [0.717, 1.165) is 30.6 Å². The van der Waals surface area contributed by atoms with Gasteiger partial charge >= 0.3 is 0 Å². The van der Waals surface area contributed by atoms with Crippen LogP contribution in [0.25, 0.3) is 0 Å². The first-order chi connectivity index (χ1) is 9.89. The Bertz CT molecular complexity index is 445. The van der Waals surface area contributed by atoms with Crippen molar-refractivity contribution in [3.63, 3.8) is 0 Å². The predicted molar refractivity (Wildman–Crippen MR) is 85.5 cm³/mol. The Labute approximate surface area is 134 Å². The van der Waals surface area contributed by atoms with Crippen molar-refractivity contribution in [2.75, 3.05) is 37.8 Å². The number of rotatable bonds is 5. The van der Waals surface area contributed by atoms with Crippen molar-refractivity contribution in [3.05, 3.63) is 0 Å². The Morgan fingerprint density at radius 1 is 1.36 bits per heavy atom. The molecule has 22 heavy (non-hydrogen) atoms. The van der Waals surface area contributed by atoms with Gasteiger partial charge in [0.15, 0.2) is 0 Å². The second-order valence-electron chi connectivity index (χ2n) is 6.26. The molecule has 5 N–H and O–H groups in total. The van der Waals surface area contributed by atoms with E-state index in [9.17, 15) is 5.11 Å². The molecule has 0 amide bonds. The van der Waals surface area contributed by atoms with E-state index < -0.39 is 6.10 Å². The zero-order chi connectivity index (χ0) is 15.5. The van der Waals surface area contributed by atoms with Crippen molar-refractivity contribution in [1.29, 1.82) is 0 Å². The molecule has 1 aromatic heterocycles. The second kappa shape index (κ2) is 8.02. The summed E-state index contributed by atoms with van der Waals surface area (Å²) in [7, 11) is 0. The lowest BCUT2D eigenvalue weighted by Gasteiger charge is -2.31. The molecule has 0 radical (unpaired) electrons. The Kier molecular flexibility index (Phi) is 6.95. The summed E-state index contributed by atoms with van der Waals surface area (Å²) in [6.45, 7) is 8.97. The fourth-order valence-electron chi connectivity index (χ4n) is 2.08. The van der Waals surface area contributed by atoms with E-state index in [4.69, 9.17) is 15.2 Å². The molecule has 1 aliphatic rings. The molecule has 1 aromatic rings. The number of nitrogens with two attached hydrogens (primary N) is 1. The van der Waals surface area contributed by atoms with Crippen LogP contribution in [-0.2, 0) is 4.74 Å². The number of anilines is 1. The van der Waals surface area contributed by atoms with E-state index in [0.29, 0.717) is 19.1 Å². The van der Waals surface area contributed by atoms with Gasteiger partial charge in [-0.2, -0.15) is 4.37 Å². The molecule has 1 fully saturated rings. The highest BCUT2D eigenvalue weighted by molar-refractivity contribution is 6.99. The zero-order valence-electron chi connectivity index (χ0n) is 13.3. The van der Waals surface area contributed by atoms with Crippen molar-refractivity contribution >= 4 is 17.5 Å². The zero-order valence-corrected chi connectivity index (χ0v) is 14.1. The average Bonchev–Trinajstić information content (AvgIpc) is 2.92. The maximum Gasteiger partial charge on any atom is 0.270 e. The SMILES string of the molecule is CC(C)(C)C(N)C(O)COc1nsnc1N1CCOCC1.O. The molecule has 9 heteroatoms. The molecule has 0 spiro atoms. The minimum Gasteiger partial charge on any atom is -0.472 e. The van der Waals surface area contributed by atoms with Crippen LogP contribution < -0.4 is 15.4 Å². The van der Waals surface area contributed by atoms with Crippen LogP contribution in [0.3, 0.4) is 0 Å². The maximum atomic E-state index is 10.1. The molecule has 2 rings (SSSR count). The maximum absolute atomic E-state index is 10.1. The van der Waals surface area contributed by atoms with Crippen LogP contribution in [0.1, 0.15) is 20.8 Å². The molecular weight excluding hydrogens is 308 g/mol. The van der Waals surface area contributed by atoms with Crippen LogP contribution >= 0.6 is 11.7 Å². The van der Waals surface area contributed by atoms with Crippen molar-refractivity contribution in [1.82, 2.24) is 8.75 Å². The Balaban J connectivity index is 0.00000242. The predicted octanol–water partition coefficient (Wildman–Crippen LogP) is -0.337. The molecule has 0 aliphatic carbocycles. The van der Waals surface area contributed by atoms with Gasteiger partial charge in [-0.05, 0) is 5.41 Å². The molecule has 8 nitrogen and oxygen atoms in total. The topological polar surface area (TPSA) is 125 Å². The number of hydrogen-bond donors (Lipinski definition) is 2. The fraction of sp³-hybridized carbons (Fsp3) is 0.846. The van der Waals surface area contributed by atoms with Crippen LogP contribution in [0.15, 0.2) is 0 Å². The van der Waals surface area contributed by atoms with Gasteiger partial charge in [-0.1, -0.05) is 20.8 Å². The third kappa shape index (κ3) is 4.75. The Morgan fingerprint density at radius 2 is 2.00 bits per heavy atom. The fourth-order valence-corrected chi connectivity index (χ4v) is 2.60. The van der Waals surface area contributed by atoms with Crippen molar-refractivity contribution in [2.24, 2.45) is 11.1 Å². The number of aromatic nitrogens is 2. The van der Waals surface area contributed by atoms with E-state index in [1.165, 1.54) is 0 Å². The Morgan fingerprint density at radius 3 is 2.59 bits per heavy atom. The van der Waals surface area contributed by atoms with Gasteiger partial charge in [-0.25, -0.2) is 0 Å². The summed E-state index contributed by atoms with van der Waals surface area (Å²) >= 11 is 1.11. The summed E-state index contributed by atoms with van der Waals surface area (Å²) in [5.41, 5.74) is 5.84. The summed E-state index contributed by atoms with van der Waals surface area (Å²) in [6, 6.07) is -0.365. The lowest BCUT2D eigenvalue weighted by molar-refractivity contribution is 0.0483. The van der Waals surface area contributed by atoms with Crippen molar-refractivity contribution in [3.8, 4) is 5.88 Å². The van der Waals surface area contributed by atoms with E-state index in [-0.39, 0.29) is 23.5 Å². The van der Waals surface area contributed by atoms with E-state index in [1.807, 2.05) is 20.8 Å². The summed E-state index contributed by atoms with van der Waals surface area (Å²) in [5, 5.41) is 10.1. The smallest absolute Gasteiger partial charge is 0.270 e. The van der Waals surface area contributed by atoms with Gasteiger partial charge in [0.05, 0.1) is 24.9 Å². The number of nitrogens with zero attached hydrogens (tertiary/aromatic N) is 3. The number of hydrogen-bond acceptors (Lipinski definition) is 8. The molecule has 2 unspecified atom stereocenters. The molecule has 1 saturated heterocycles. The van der Waals surface area contributed by atoms with Gasteiger partial charge in [0.1, 0.15) is 12.7 Å². The van der Waals surface area contributed by atoms with Crippen LogP contribution in [0.5, 0.6) is 5.88 Å². The molecule has 128 valence electrons. The van der Waals surface area contributed by atoms with Crippen molar-refractivity contribution in [2.45, 2.75) is 32.9 Å². The summed E-state index contributed by atoms with van der Waals surface area (Å²) in [5.74, 6) is 1.18. The quantitative estimate of drug-likeness (QED) is 0.754. The Hall–Kier alpha value is -1.00. The first-order valence-electron chi connectivity index (χ1n) is 7.11. The second-order valence-corrected chi connectivity index (χ2v) is 6.79. The summed E-state index contributed by atoms with van der Waals surface area (Å²) in [4.78, 5) is 2.08. The van der Waals surface area contributed by atoms with Gasteiger partial charge < -0.3 is 30.7 Å². The van der Waals surface area contributed by atoms with E-state index in [2.05, 4.69) is 13.6 Å². The molecule has 2 atom stereocenters. The van der Waals surface area contributed by atoms with Crippen LogP contribution in [0.2, 0.25) is 0 Å². The van der Waals surface area contributed by atoms with Crippen molar-refractivity contribution < 1.29 is 20.1 Å². The highest BCUT2D eigenvalue weighted by Crippen LogP contribution is 2.27. The molecule has 2 heterocycles. The number of aliphatic hydroxyl groups is 1. The minimum atomic E-state index is -0.746. The van der Waals surface area contributed by atoms with E-state index >= 15 is 0 Å². The van der Waals surface area contributed by atoms with Gasteiger partial charge in [-0.15, -0.1) is 4.37 Å². The average molecular weight is 334 g/mol. The lowest BCUT2D eigenvalue weighted by atomic mass is 9.84. The first-order valence-corrected chi connectivity index (χ1v) is 7.84. The largest absolute Gasteiger partial charge is 0.472 e. The normalized spacial score (nSPS) is 18.5. The molecular formula is C13H26N4O4S. The van der Waals surface area contributed by atoms with Crippen LogP contribution in [-0.4, -0.2) is 64.4 Å². The highest BCUT2D eigenvalue weighted by Gasteiger charge is 2.29. The molecule has 1 aliphatic heterocycles. The minimum absolute atomic E-state index is 0. The molecule has 0 aromatic carbocycles. The van der Waals surface area contributed by atoms with Gasteiger partial charge in [-0.3, -0.25) is 0 Å². The molecule has 0 saturated carbocycles. The number of aliphatic hydroxyl groups excluding tert-OH is 1. The first kappa shape index (κ1) is 19.0. The van der Waals surface area contributed by atoms with Crippen LogP contribution in [0.4, 0.5) is 5.82 Å². The molecule has 0 bridgehead atoms. The van der Waals surface area contributed by atoms with Crippen LogP contribution in [0, 0.1) is 5.41 Å². The number of ether oxygens (including phenoxy) is 2. The standard InChI is InChI=1S/C13H24N4O3S.H2O/c1-13(2,3)10(14)9(18)8-20-12-11(15-21-16-12)17-4-6-19-7-5-17;/h9-10,18H,4-8,14H2,1-3H3;1H2. The van der Waals surface area contributed by atoms with Gasteiger partial charge in [0, 0.05) is 19.1 Å². The highest BCUT2D eigenvalue weighted by atomic mass is 32.1. The van der Waals surface area contributed by atoms with Gasteiger partial charge in [0.2, 0.25) is 5.82 Å². The number of morpholine rings is 1. The monoisotopic (exact) mass is 334 g/mol. The van der Waals surface area contributed by atoms with Gasteiger partial charge in [0.25, 0.3) is 5.88 Å². The third-order valence-electron chi connectivity index (χ3n) is 3.56. The van der Waals surface area contributed by atoms with E-state index in [1.54, 1.807) is 0 Å². The lowest BCUT2D eigenvalue weighted by Crippen LogP contribution is -2.47.